The van der Waals surface area contributed by atoms with Crippen LogP contribution in [0.2, 0.25) is 0 Å². The number of fused-ring (bicyclic) bond motifs is 1. The number of benzene rings is 1. The SMILES string of the molecule is COCCN1C[C@@H](C(=O)Nc2ccc3c(c2)CCC(=O)N3C)CC1=O. The summed E-state index contributed by atoms with van der Waals surface area (Å²) in [5, 5.41) is 2.90. The van der Waals surface area contributed by atoms with Crippen LogP contribution in [0.3, 0.4) is 0 Å². The highest BCUT2D eigenvalue weighted by atomic mass is 16.5. The van der Waals surface area contributed by atoms with E-state index < -0.39 is 0 Å². The van der Waals surface area contributed by atoms with Gasteiger partial charge in [0.1, 0.15) is 0 Å². The lowest BCUT2D eigenvalue weighted by Crippen LogP contribution is -2.31. The molecule has 25 heavy (non-hydrogen) atoms. The Balaban J connectivity index is 1.64. The van der Waals surface area contributed by atoms with Crippen LogP contribution in [-0.2, 0) is 25.5 Å². The average molecular weight is 345 g/mol. The molecule has 1 fully saturated rings. The zero-order chi connectivity index (χ0) is 18.0. The summed E-state index contributed by atoms with van der Waals surface area (Å²) < 4.78 is 4.99. The highest BCUT2D eigenvalue weighted by Crippen LogP contribution is 2.29. The minimum absolute atomic E-state index is 0.0113. The van der Waals surface area contributed by atoms with E-state index in [-0.39, 0.29) is 30.1 Å². The summed E-state index contributed by atoms with van der Waals surface area (Å²) in [5.74, 6) is -0.397. The molecule has 0 spiro atoms. The molecule has 7 heteroatoms. The fourth-order valence-electron chi connectivity index (χ4n) is 3.34. The predicted molar refractivity (Wildman–Crippen MR) is 93.4 cm³/mol. The van der Waals surface area contributed by atoms with Crippen molar-refractivity contribution in [3.05, 3.63) is 23.8 Å². The van der Waals surface area contributed by atoms with Crippen LogP contribution in [-0.4, -0.2) is 56.5 Å². The molecule has 0 aliphatic carbocycles. The number of nitrogens with zero attached hydrogens (tertiary/aromatic N) is 2. The number of hydrogen-bond acceptors (Lipinski definition) is 4. The fourth-order valence-corrected chi connectivity index (χ4v) is 3.34. The molecule has 0 saturated carbocycles. The number of rotatable bonds is 5. The van der Waals surface area contributed by atoms with Crippen molar-refractivity contribution in [3.63, 3.8) is 0 Å². The molecule has 7 nitrogen and oxygen atoms in total. The van der Waals surface area contributed by atoms with Crippen LogP contribution in [0.15, 0.2) is 18.2 Å². The Morgan fingerprint density at radius 1 is 1.28 bits per heavy atom. The molecule has 0 unspecified atom stereocenters. The van der Waals surface area contributed by atoms with Crippen LogP contribution in [0.1, 0.15) is 18.4 Å². The van der Waals surface area contributed by atoms with Crippen LogP contribution in [0.25, 0.3) is 0 Å². The van der Waals surface area contributed by atoms with Gasteiger partial charge in [-0.1, -0.05) is 0 Å². The summed E-state index contributed by atoms with van der Waals surface area (Å²) in [5.41, 5.74) is 2.63. The standard InChI is InChI=1S/C18H23N3O4/c1-20-15-5-4-14(9-12(15)3-6-16(20)22)19-18(24)13-10-17(23)21(11-13)7-8-25-2/h4-5,9,13H,3,6-8,10-11H2,1-2H3,(H,19,24)/t13-/m0/s1. The Morgan fingerprint density at radius 2 is 2.08 bits per heavy atom. The maximum absolute atomic E-state index is 12.5. The monoisotopic (exact) mass is 345 g/mol. The minimum atomic E-state index is -0.343. The maximum Gasteiger partial charge on any atom is 0.229 e. The average Bonchev–Trinajstić information content (AvgIpc) is 2.97. The van der Waals surface area contributed by atoms with E-state index in [1.807, 2.05) is 12.1 Å². The number of amides is 3. The van der Waals surface area contributed by atoms with Gasteiger partial charge < -0.3 is 19.9 Å². The first-order chi connectivity index (χ1) is 12.0. The van der Waals surface area contributed by atoms with Gasteiger partial charge in [-0.25, -0.2) is 0 Å². The van der Waals surface area contributed by atoms with Crippen molar-refractivity contribution in [2.24, 2.45) is 5.92 Å². The summed E-state index contributed by atoms with van der Waals surface area (Å²) in [6.45, 7) is 1.41. The van der Waals surface area contributed by atoms with Gasteiger partial charge in [-0.2, -0.15) is 0 Å². The molecule has 2 aliphatic heterocycles. The predicted octanol–water partition coefficient (Wildman–Crippen LogP) is 1.03. The molecule has 1 N–H and O–H groups in total. The van der Waals surface area contributed by atoms with Gasteiger partial charge in [-0.05, 0) is 30.2 Å². The van der Waals surface area contributed by atoms with Crippen LogP contribution < -0.4 is 10.2 Å². The third-order valence-electron chi connectivity index (χ3n) is 4.84. The molecule has 134 valence electrons. The van der Waals surface area contributed by atoms with Crippen molar-refractivity contribution in [1.29, 1.82) is 0 Å². The molecule has 1 atom stereocenters. The van der Waals surface area contributed by atoms with Crippen LogP contribution >= 0.6 is 0 Å². The number of hydrogen-bond donors (Lipinski definition) is 1. The van der Waals surface area contributed by atoms with E-state index in [4.69, 9.17) is 4.74 Å². The van der Waals surface area contributed by atoms with Gasteiger partial charge in [-0.15, -0.1) is 0 Å². The lowest BCUT2D eigenvalue weighted by molar-refractivity contribution is -0.128. The van der Waals surface area contributed by atoms with Crippen molar-refractivity contribution < 1.29 is 19.1 Å². The molecule has 2 aliphatic rings. The number of nitrogens with one attached hydrogen (secondary N) is 1. The van der Waals surface area contributed by atoms with E-state index in [0.717, 1.165) is 11.3 Å². The van der Waals surface area contributed by atoms with E-state index in [9.17, 15) is 14.4 Å². The molecule has 0 bridgehead atoms. The van der Waals surface area contributed by atoms with Crippen LogP contribution in [0, 0.1) is 5.92 Å². The number of methoxy groups -OCH3 is 1. The van der Waals surface area contributed by atoms with Crippen molar-refractivity contribution in [3.8, 4) is 0 Å². The Morgan fingerprint density at radius 3 is 2.84 bits per heavy atom. The van der Waals surface area contributed by atoms with Gasteiger partial charge in [-0.3, -0.25) is 14.4 Å². The Labute approximate surface area is 146 Å². The topological polar surface area (TPSA) is 79.0 Å². The number of likely N-dealkylation sites (tertiary alicyclic amines) is 1. The highest BCUT2D eigenvalue weighted by molar-refractivity contribution is 5.99. The van der Waals surface area contributed by atoms with Gasteiger partial charge >= 0.3 is 0 Å². The molecule has 1 saturated heterocycles. The molecule has 3 amide bonds. The normalized spacial score (nSPS) is 20.0. The molecule has 0 radical (unpaired) electrons. The number of carbonyl (C=O) groups is 3. The molecule has 1 aromatic carbocycles. The van der Waals surface area contributed by atoms with E-state index in [2.05, 4.69) is 5.32 Å². The van der Waals surface area contributed by atoms with E-state index >= 15 is 0 Å². The van der Waals surface area contributed by atoms with Gasteiger partial charge in [0.2, 0.25) is 17.7 Å². The Hall–Kier alpha value is -2.41. The van der Waals surface area contributed by atoms with Gasteiger partial charge in [0, 0.05) is 51.5 Å². The summed E-state index contributed by atoms with van der Waals surface area (Å²) in [6.07, 6.45) is 1.39. The van der Waals surface area contributed by atoms with Gasteiger partial charge in [0.05, 0.1) is 12.5 Å². The van der Waals surface area contributed by atoms with Crippen LogP contribution in [0.5, 0.6) is 0 Å². The first kappa shape index (κ1) is 17.4. The second-order valence-corrected chi connectivity index (χ2v) is 6.52. The number of carbonyl (C=O) groups excluding carboxylic acids is 3. The third-order valence-corrected chi connectivity index (χ3v) is 4.84. The zero-order valence-electron chi connectivity index (χ0n) is 14.6. The fraction of sp³-hybridized carbons (Fsp3) is 0.500. The molecule has 2 heterocycles. The first-order valence-electron chi connectivity index (χ1n) is 8.46. The smallest absolute Gasteiger partial charge is 0.229 e. The van der Waals surface area contributed by atoms with Gasteiger partial charge in [0.25, 0.3) is 0 Å². The largest absolute Gasteiger partial charge is 0.383 e. The highest BCUT2D eigenvalue weighted by Gasteiger charge is 2.34. The lowest BCUT2D eigenvalue weighted by Gasteiger charge is -2.26. The molecule has 1 aromatic rings. The summed E-state index contributed by atoms with van der Waals surface area (Å²) in [4.78, 5) is 39.5. The number of anilines is 2. The molecule has 0 aromatic heterocycles. The van der Waals surface area contributed by atoms with Crippen molar-refractivity contribution in [2.75, 3.05) is 44.1 Å². The van der Waals surface area contributed by atoms with Crippen LogP contribution in [0.4, 0.5) is 11.4 Å². The molecular weight excluding hydrogens is 322 g/mol. The Bertz CT molecular complexity index is 704. The summed E-state index contributed by atoms with van der Waals surface area (Å²) >= 11 is 0. The van der Waals surface area contributed by atoms with Gasteiger partial charge in [0.15, 0.2) is 0 Å². The zero-order valence-corrected chi connectivity index (χ0v) is 14.6. The lowest BCUT2D eigenvalue weighted by atomic mass is 10.0. The van der Waals surface area contributed by atoms with E-state index in [1.54, 1.807) is 30.0 Å². The van der Waals surface area contributed by atoms with Crippen molar-refractivity contribution >= 4 is 29.1 Å². The third kappa shape index (κ3) is 3.66. The minimum Gasteiger partial charge on any atom is -0.383 e. The van der Waals surface area contributed by atoms with E-state index in [1.165, 1.54) is 0 Å². The van der Waals surface area contributed by atoms with E-state index in [0.29, 0.717) is 38.2 Å². The second kappa shape index (κ2) is 7.23. The first-order valence-corrected chi connectivity index (χ1v) is 8.46. The van der Waals surface area contributed by atoms with Crippen molar-refractivity contribution in [1.82, 2.24) is 4.90 Å². The van der Waals surface area contributed by atoms with Crippen molar-refractivity contribution in [2.45, 2.75) is 19.3 Å². The second-order valence-electron chi connectivity index (χ2n) is 6.52. The number of aryl methyl sites for hydroxylation is 1. The maximum atomic E-state index is 12.5. The summed E-state index contributed by atoms with van der Waals surface area (Å²) in [7, 11) is 3.35. The Kier molecular flexibility index (Phi) is 5.03. The summed E-state index contributed by atoms with van der Waals surface area (Å²) in [6, 6.07) is 5.56. The number of ether oxygens (including phenoxy) is 1. The quantitative estimate of drug-likeness (QED) is 0.864. The molecular formula is C18H23N3O4. The molecule has 3 rings (SSSR count).